The van der Waals surface area contributed by atoms with Crippen LogP contribution in [0.25, 0.3) is 0 Å². The lowest BCUT2D eigenvalue weighted by molar-refractivity contribution is -0.276. The Morgan fingerprint density at radius 3 is 2.54 bits per heavy atom. The minimum Gasteiger partial charge on any atom is -0.387 e. The predicted octanol–water partition coefficient (Wildman–Crippen LogP) is 3.05. The van der Waals surface area contributed by atoms with Crippen molar-refractivity contribution >= 4 is 15.9 Å². The van der Waals surface area contributed by atoms with E-state index in [0.29, 0.717) is 5.69 Å². The Bertz CT molecular complexity index is 313. The van der Waals surface area contributed by atoms with Gasteiger partial charge < -0.3 is 4.74 Å². The normalized spacial score (nSPS) is 11.5. The lowest BCUT2D eigenvalue weighted by atomic mass is 10.4. The van der Waals surface area contributed by atoms with Crippen molar-refractivity contribution in [2.24, 2.45) is 0 Å². The average Bonchev–Trinajstić information content (AvgIpc) is 1.94. The number of halogens is 4. The highest BCUT2D eigenvalue weighted by Crippen LogP contribution is 2.28. The third-order valence-corrected chi connectivity index (χ3v) is 1.77. The van der Waals surface area contributed by atoms with Gasteiger partial charge >= 0.3 is 6.36 Å². The molecule has 1 aromatic heterocycles. The molecule has 0 aliphatic rings. The van der Waals surface area contributed by atoms with Crippen molar-refractivity contribution in [1.29, 1.82) is 0 Å². The van der Waals surface area contributed by atoms with Gasteiger partial charge in [0.2, 0.25) is 5.88 Å². The van der Waals surface area contributed by atoms with Crippen LogP contribution >= 0.6 is 15.9 Å². The fourth-order valence-electron chi connectivity index (χ4n) is 0.697. The summed E-state index contributed by atoms with van der Waals surface area (Å²) in [6.45, 7) is 1.58. The summed E-state index contributed by atoms with van der Waals surface area (Å²) < 4.78 is 39.1. The molecule has 1 rings (SSSR count). The quantitative estimate of drug-likeness (QED) is 0.770. The molecule has 0 spiro atoms. The van der Waals surface area contributed by atoms with E-state index in [2.05, 4.69) is 25.7 Å². The summed E-state index contributed by atoms with van der Waals surface area (Å²) in [6.07, 6.45) is -4.71. The summed E-state index contributed by atoms with van der Waals surface area (Å²) in [4.78, 5) is 3.57. The van der Waals surface area contributed by atoms with Crippen LogP contribution in [0.4, 0.5) is 13.2 Å². The topological polar surface area (TPSA) is 22.1 Å². The van der Waals surface area contributed by atoms with Crippen molar-refractivity contribution in [2.75, 3.05) is 0 Å². The number of ether oxygens (including phenoxy) is 1. The molecular weight excluding hydrogens is 251 g/mol. The number of hydrogen-bond donors (Lipinski definition) is 0. The van der Waals surface area contributed by atoms with Crippen molar-refractivity contribution in [3.8, 4) is 5.88 Å². The molecule has 0 N–H and O–H groups in total. The highest BCUT2D eigenvalue weighted by Gasteiger charge is 2.32. The third kappa shape index (κ3) is 3.22. The first-order valence-corrected chi connectivity index (χ1v) is 4.07. The molecule has 0 aliphatic carbocycles. The summed E-state index contributed by atoms with van der Waals surface area (Å²) in [5.41, 5.74) is 0.461. The first kappa shape index (κ1) is 10.3. The number of pyridine rings is 1. The van der Waals surface area contributed by atoms with Crippen LogP contribution in [0.3, 0.4) is 0 Å². The van der Waals surface area contributed by atoms with E-state index < -0.39 is 12.2 Å². The van der Waals surface area contributed by atoms with Crippen LogP contribution in [-0.2, 0) is 0 Å². The standard InChI is InChI=1S/C7H5BrF3NO/c1-4-2-3-5(8)6(12-4)13-7(9,10)11/h2-3H,1H3. The maximum Gasteiger partial charge on any atom is 0.574 e. The lowest BCUT2D eigenvalue weighted by Gasteiger charge is -2.09. The maximum atomic E-state index is 11.8. The Morgan fingerprint density at radius 1 is 1.38 bits per heavy atom. The molecule has 72 valence electrons. The van der Waals surface area contributed by atoms with Gasteiger partial charge in [0.05, 0.1) is 4.47 Å². The molecule has 1 aromatic rings. The minimum atomic E-state index is -4.71. The van der Waals surface area contributed by atoms with Gasteiger partial charge in [-0.3, -0.25) is 0 Å². The van der Waals surface area contributed by atoms with Crippen molar-refractivity contribution in [1.82, 2.24) is 4.98 Å². The first-order chi connectivity index (χ1) is 5.88. The van der Waals surface area contributed by atoms with Crippen molar-refractivity contribution in [3.63, 3.8) is 0 Å². The van der Waals surface area contributed by atoms with Gasteiger partial charge in [-0.05, 0) is 35.0 Å². The van der Waals surface area contributed by atoms with Gasteiger partial charge in [0.1, 0.15) is 0 Å². The molecule has 0 atom stereocenters. The summed E-state index contributed by atoms with van der Waals surface area (Å²) in [5.74, 6) is -0.465. The number of rotatable bonds is 1. The molecule has 0 fully saturated rings. The maximum absolute atomic E-state index is 11.8. The molecule has 1 heterocycles. The average molecular weight is 256 g/mol. The smallest absolute Gasteiger partial charge is 0.387 e. The van der Waals surface area contributed by atoms with Crippen molar-refractivity contribution in [3.05, 3.63) is 22.3 Å². The van der Waals surface area contributed by atoms with Gasteiger partial charge in [-0.1, -0.05) is 0 Å². The van der Waals surface area contributed by atoms with E-state index in [1.807, 2.05) is 0 Å². The Hall–Kier alpha value is -0.780. The van der Waals surface area contributed by atoms with E-state index in [1.165, 1.54) is 6.07 Å². The van der Waals surface area contributed by atoms with E-state index in [9.17, 15) is 13.2 Å². The molecule has 6 heteroatoms. The fraction of sp³-hybridized carbons (Fsp3) is 0.286. The first-order valence-electron chi connectivity index (χ1n) is 3.27. The van der Waals surface area contributed by atoms with Crippen LogP contribution in [0.1, 0.15) is 5.69 Å². The molecule has 0 amide bonds. The van der Waals surface area contributed by atoms with Gasteiger partial charge in [-0.25, -0.2) is 4.98 Å². The third-order valence-electron chi connectivity index (χ3n) is 1.17. The number of hydrogen-bond acceptors (Lipinski definition) is 2. The van der Waals surface area contributed by atoms with E-state index in [-0.39, 0.29) is 4.47 Å². The van der Waals surface area contributed by atoms with Gasteiger partial charge in [0.15, 0.2) is 0 Å². The Labute approximate surface area is 80.9 Å². The largest absolute Gasteiger partial charge is 0.574 e. The second-order valence-corrected chi connectivity index (χ2v) is 3.14. The zero-order valence-electron chi connectivity index (χ0n) is 6.52. The zero-order chi connectivity index (χ0) is 10.1. The molecule has 2 nitrogen and oxygen atoms in total. The highest BCUT2D eigenvalue weighted by molar-refractivity contribution is 9.10. The van der Waals surface area contributed by atoms with Gasteiger partial charge in [-0.2, -0.15) is 0 Å². The molecular formula is C7H5BrF3NO. The number of alkyl halides is 3. The van der Waals surface area contributed by atoms with E-state index >= 15 is 0 Å². The minimum absolute atomic E-state index is 0.176. The molecule has 0 unspecified atom stereocenters. The van der Waals surface area contributed by atoms with Crippen LogP contribution in [0.15, 0.2) is 16.6 Å². The molecule has 0 bridgehead atoms. The van der Waals surface area contributed by atoms with Gasteiger partial charge in [0, 0.05) is 5.69 Å². The van der Waals surface area contributed by atoms with Crippen LogP contribution in [0, 0.1) is 6.92 Å². The van der Waals surface area contributed by atoms with Crippen LogP contribution in [-0.4, -0.2) is 11.3 Å². The molecule has 0 aromatic carbocycles. The summed E-state index contributed by atoms with van der Waals surface area (Å²) >= 11 is 2.90. The fourth-order valence-corrected chi connectivity index (χ4v) is 0.999. The Morgan fingerprint density at radius 2 is 2.00 bits per heavy atom. The van der Waals surface area contributed by atoms with Crippen LogP contribution < -0.4 is 4.74 Å². The second-order valence-electron chi connectivity index (χ2n) is 2.29. The van der Waals surface area contributed by atoms with E-state index in [4.69, 9.17) is 0 Å². The summed E-state index contributed by atoms with van der Waals surface area (Å²) in [5, 5.41) is 0. The number of aromatic nitrogens is 1. The Balaban J connectivity index is 2.94. The van der Waals surface area contributed by atoms with Crippen LogP contribution in [0.2, 0.25) is 0 Å². The second kappa shape index (κ2) is 3.53. The summed E-state index contributed by atoms with van der Waals surface area (Å²) in [6, 6.07) is 3.02. The number of aryl methyl sites for hydroxylation is 1. The Kier molecular flexibility index (Phi) is 2.80. The monoisotopic (exact) mass is 255 g/mol. The molecule has 13 heavy (non-hydrogen) atoms. The van der Waals surface area contributed by atoms with Gasteiger partial charge in [0.25, 0.3) is 0 Å². The SMILES string of the molecule is Cc1ccc(Br)c(OC(F)(F)F)n1. The van der Waals surface area contributed by atoms with E-state index in [1.54, 1.807) is 13.0 Å². The number of nitrogens with zero attached hydrogens (tertiary/aromatic N) is 1. The molecule has 0 aliphatic heterocycles. The predicted molar refractivity (Wildman–Crippen MR) is 43.4 cm³/mol. The highest BCUT2D eigenvalue weighted by atomic mass is 79.9. The zero-order valence-corrected chi connectivity index (χ0v) is 8.11. The molecule has 0 saturated heterocycles. The van der Waals surface area contributed by atoms with Crippen LogP contribution in [0.5, 0.6) is 5.88 Å². The lowest BCUT2D eigenvalue weighted by Crippen LogP contribution is -2.18. The van der Waals surface area contributed by atoms with E-state index in [0.717, 1.165) is 0 Å². The molecule has 0 saturated carbocycles. The van der Waals surface area contributed by atoms with Gasteiger partial charge in [-0.15, -0.1) is 13.2 Å². The summed E-state index contributed by atoms with van der Waals surface area (Å²) in [7, 11) is 0. The van der Waals surface area contributed by atoms with Crippen molar-refractivity contribution < 1.29 is 17.9 Å². The molecule has 0 radical (unpaired) electrons. The van der Waals surface area contributed by atoms with Crippen molar-refractivity contribution in [2.45, 2.75) is 13.3 Å².